The van der Waals surface area contributed by atoms with E-state index < -0.39 is 29.5 Å². The van der Waals surface area contributed by atoms with Gasteiger partial charge in [-0.3, -0.25) is 9.59 Å². The predicted octanol–water partition coefficient (Wildman–Crippen LogP) is 0.918. The maximum atomic E-state index is 11.9. The van der Waals surface area contributed by atoms with Crippen LogP contribution in [0.3, 0.4) is 0 Å². The Morgan fingerprint density at radius 3 is 2.28 bits per heavy atom. The van der Waals surface area contributed by atoms with Crippen molar-refractivity contribution in [3.05, 3.63) is 23.9 Å². The third kappa shape index (κ3) is 4.51. The molecule has 1 aromatic rings. The first-order valence-corrected chi connectivity index (χ1v) is 7.40. The van der Waals surface area contributed by atoms with E-state index >= 15 is 0 Å². The molecule has 2 heterocycles. The zero-order valence-corrected chi connectivity index (χ0v) is 14.0. The normalized spacial score (nSPS) is 14.5. The number of hydrogen-bond donors (Lipinski definition) is 1. The molecule has 0 aromatic carbocycles. The zero-order valence-electron chi connectivity index (χ0n) is 14.0. The summed E-state index contributed by atoms with van der Waals surface area (Å²) in [5, 5.41) is 1.13. The Hall–Kier alpha value is -3.01. The Balaban J connectivity index is 2.04. The fraction of sp³-hybridized carbons (Fsp3) is 0.400. The summed E-state index contributed by atoms with van der Waals surface area (Å²) < 4.78 is 5.09. The first-order chi connectivity index (χ1) is 11.6. The maximum absolute atomic E-state index is 11.9. The number of imide groups is 1. The third-order valence-electron chi connectivity index (χ3n) is 3.00. The Morgan fingerprint density at radius 1 is 1.20 bits per heavy atom. The van der Waals surface area contributed by atoms with E-state index in [1.807, 2.05) is 0 Å². The SMILES string of the molecule is CC(C)(C)OC(=O)N(N)c1ccc(C(=O)ON2C(=O)CCC2=O)cn1. The van der Waals surface area contributed by atoms with Crippen LogP contribution >= 0.6 is 0 Å². The summed E-state index contributed by atoms with van der Waals surface area (Å²) in [5.74, 6) is 3.57. The molecule has 1 saturated heterocycles. The van der Waals surface area contributed by atoms with Gasteiger partial charge in [-0.05, 0) is 32.9 Å². The van der Waals surface area contributed by atoms with Crippen LogP contribution in [-0.2, 0) is 19.2 Å². The quantitative estimate of drug-likeness (QED) is 0.368. The van der Waals surface area contributed by atoms with Gasteiger partial charge in [0.05, 0.1) is 5.56 Å². The van der Waals surface area contributed by atoms with Crippen LogP contribution in [0.1, 0.15) is 44.0 Å². The van der Waals surface area contributed by atoms with Gasteiger partial charge in [0.25, 0.3) is 11.8 Å². The molecule has 2 N–H and O–H groups in total. The lowest BCUT2D eigenvalue weighted by Crippen LogP contribution is -2.42. The minimum Gasteiger partial charge on any atom is -0.442 e. The van der Waals surface area contributed by atoms with Gasteiger partial charge in [-0.2, -0.15) is 5.01 Å². The molecule has 3 amide bonds. The largest absolute Gasteiger partial charge is 0.442 e. The second kappa shape index (κ2) is 6.85. The number of amides is 3. The van der Waals surface area contributed by atoms with Crippen molar-refractivity contribution in [2.75, 3.05) is 5.01 Å². The van der Waals surface area contributed by atoms with Gasteiger partial charge in [-0.1, -0.05) is 0 Å². The van der Waals surface area contributed by atoms with Crippen molar-refractivity contribution in [1.29, 1.82) is 0 Å². The number of anilines is 1. The molecular weight excluding hydrogens is 332 g/mol. The van der Waals surface area contributed by atoms with Crippen molar-refractivity contribution in [2.45, 2.75) is 39.2 Å². The highest BCUT2D eigenvalue weighted by Gasteiger charge is 2.33. The fourth-order valence-electron chi connectivity index (χ4n) is 1.85. The Morgan fingerprint density at radius 2 is 1.80 bits per heavy atom. The highest BCUT2D eigenvalue weighted by Crippen LogP contribution is 2.16. The lowest BCUT2D eigenvalue weighted by atomic mass is 10.2. The number of hydrazine groups is 1. The number of hydroxylamine groups is 2. The summed E-state index contributed by atoms with van der Waals surface area (Å²) in [6.07, 6.45) is 0.291. The van der Waals surface area contributed by atoms with Crippen LogP contribution in [0.15, 0.2) is 18.3 Å². The lowest BCUT2D eigenvalue weighted by molar-refractivity contribution is -0.172. The highest BCUT2D eigenvalue weighted by atomic mass is 16.7. The minimum atomic E-state index is -0.927. The molecule has 2 rings (SSSR count). The van der Waals surface area contributed by atoms with Crippen LogP contribution in [0.25, 0.3) is 0 Å². The lowest BCUT2D eigenvalue weighted by Gasteiger charge is -2.23. The molecule has 0 unspecified atom stereocenters. The molecule has 0 spiro atoms. The summed E-state index contributed by atoms with van der Waals surface area (Å²) >= 11 is 0. The maximum Gasteiger partial charge on any atom is 0.430 e. The van der Waals surface area contributed by atoms with Gasteiger partial charge in [0, 0.05) is 19.0 Å². The van der Waals surface area contributed by atoms with Crippen molar-refractivity contribution >= 4 is 29.7 Å². The molecule has 1 aliphatic rings. The molecule has 134 valence electrons. The van der Waals surface area contributed by atoms with Crippen LogP contribution in [0.4, 0.5) is 10.6 Å². The van der Waals surface area contributed by atoms with Gasteiger partial charge in [-0.15, -0.1) is 5.06 Å². The molecule has 25 heavy (non-hydrogen) atoms. The molecule has 10 heteroatoms. The summed E-state index contributed by atoms with van der Waals surface area (Å²) in [7, 11) is 0. The molecule has 1 aromatic heterocycles. The van der Waals surface area contributed by atoms with Gasteiger partial charge in [0.1, 0.15) is 5.60 Å². The van der Waals surface area contributed by atoms with Crippen molar-refractivity contribution in [3.63, 3.8) is 0 Å². The van der Waals surface area contributed by atoms with Crippen molar-refractivity contribution < 1.29 is 28.8 Å². The first-order valence-electron chi connectivity index (χ1n) is 7.40. The molecule has 0 atom stereocenters. The van der Waals surface area contributed by atoms with E-state index in [0.29, 0.717) is 10.1 Å². The van der Waals surface area contributed by atoms with Gasteiger partial charge in [0.2, 0.25) is 0 Å². The number of carbonyl (C=O) groups excluding carboxylic acids is 4. The van der Waals surface area contributed by atoms with E-state index in [1.54, 1.807) is 20.8 Å². The van der Waals surface area contributed by atoms with Crippen LogP contribution < -0.4 is 10.9 Å². The number of ether oxygens (including phenoxy) is 1. The van der Waals surface area contributed by atoms with E-state index in [4.69, 9.17) is 15.4 Å². The topological polar surface area (TPSA) is 132 Å². The van der Waals surface area contributed by atoms with Gasteiger partial charge in [0.15, 0.2) is 5.82 Å². The second-order valence-electron chi connectivity index (χ2n) is 6.22. The smallest absolute Gasteiger partial charge is 0.430 e. The summed E-state index contributed by atoms with van der Waals surface area (Å²) in [6.45, 7) is 5.06. The number of nitrogens with zero attached hydrogens (tertiary/aromatic N) is 3. The van der Waals surface area contributed by atoms with E-state index in [-0.39, 0.29) is 24.2 Å². The predicted molar refractivity (Wildman–Crippen MR) is 83.6 cm³/mol. The van der Waals surface area contributed by atoms with E-state index in [0.717, 1.165) is 6.20 Å². The number of hydrogen-bond acceptors (Lipinski definition) is 8. The summed E-state index contributed by atoms with van der Waals surface area (Å²) in [6, 6.07) is 2.59. The van der Waals surface area contributed by atoms with Crippen molar-refractivity contribution in [3.8, 4) is 0 Å². The van der Waals surface area contributed by atoms with Gasteiger partial charge in [-0.25, -0.2) is 20.4 Å². The van der Waals surface area contributed by atoms with Crippen molar-refractivity contribution in [1.82, 2.24) is 10.0 Å². The van der Waals surface area contributed by atoms with E-state index in [1.165, 1.54) is 12.1 Å². The standard InChI is InChI=1S/C15H18N4O6/c1-15(2,3)24-14(23)18(16)10-5-4-9(8-17-10)13(22)25-19-11(20)6-7-12(19)21/h4-5,8H,6-7,16H2,1-3H3. The van der Waals surface area contributed by atoms with Gasteiger partial charge < -0.3 is 9.57 Å². The Labute approximate surface area is 143 Å². The van der Waals surface area contributed by atoms with Crippen LogP contribution in [-0.4, -0.2) is 39.5 Å². The molecule has 1 aliphatic heterocycles. The molecular formula is C15H18N4O6. The monoisotopic (exact) mass is 350 g/mol. The van der Waals surface area contributed by atoms with Crippen LogP contribution in [0, 0.1) is 0 Å². The molecule has 0 saturated carbocycles. The number of pyridine rings is 1. The van der Waals surface area contributed by atoms with Gasteiger partial charge >= 0.3 is 12.1 Å². The summed E-state index contributed by atoms with van der Waals surface area (Å²) in [5.41, 5.74) is -0.749. The number of nitrogens with two attached hydrogens (primary N) is 1. The average Bonchev–Trinajstić information content (AvgIpc) is 2.84. The number of carbonyl (C=O) groups is 4. The molecule has 0 bridgehead atoms. The first kappa shape index (κ1) is 18.3. The van der Waals surface area contributed by atoms with E-state index in [9.17, 15) is 19.2 Å². The summed E-state index contributed by atoms with van der Waals surface area (Å²) in [4.78, 5) is 55.3. The molecule has 1 fully saturated rings. The molecule has 0 radical (unpaired) electrons. The second-order valence-corrected chi connectivity index (χ2v) is 6.22. The Bertz CT molecular complexity index is 694. The molecule has 0 aliphatic carbocycles. The molecule has 10 nitrogen and oxygen atoms in total. The average molecular weight is 350 g/mol. The van der Waals surface area contributed by atoms with Crippen molar-refractivity contribution in [2.24, 2.45) is 5.84 Å². The zero-order chi connectivity index (χ0) is 18.8. The Kier molecular flexibility index (Phi) is 5.02. The minimum absolute atomic E-state index is 0.00131. The number of aromatic nitrogens is 1. The number of rotatable bonds is 3. The third-order valence-corrected chi connectivity index (χ3v) is 3.00. The van der Waals surface area contributed by atoms with Crippen LogP contribution in [0.2, 0.25) is 0 Å². The fourth-order valence-corrected chi connectivity index (χ4v) is 1.85. The van der Waals surface area contributed by atoms with Crippen LogP contribution in [0.5, 0.6) is 0 Å². The highest BCUT2D eigenvalue weighted by molar-refractivity contribution is 6.02. The van der Waals surface area contributed by atoms with E-state index in [2.05, 4.69) is 4.98 Å².